The normalized spacial score (nSPS) is 14.0. The van der Waals surface area contributed by atoms with Crippen LogP contribution < -0.4 is 5.73 Å². The standard InChI is InChI=1S/C39H70NO8P/c1-3-5-7-9-11-13-15-17-18-20-21-23-25-27-29-31-38(41)45-35-37(36-47-49(43,44)46-34-33-40)48-39(42)32-30-28-26-24-22-19-16-14-12-10-8-6-4-2/h5,7,11,13,17-18,21,23,37H,3-4,6,8-10,12,14-16,19-20,22,24-36,40H2,1-2H3,(H,43,44). The van der Waals surface area contributed by atoms with Crippen molar-refractivity contribution in [1.82, 2.24) is 0 Å². The molecule has 0 aromatic carbocycles. The second-order valence-electron chi connectivity index (χ2n) is 12.4. The molecule has 0 rings (SSSR count). The number of rotatable bonds is 35. The van der Waals surface area contributed by atoms with Gasteiger partial charge in [-0.1, -0.05) is 140 Å². The summed E-state index contributed by atoms with van der Waals surface area (Å²) in [5.74, 6) is -0.879. The summed E-state index contributed by atoms with van der Waals surface area (Å²) in [6.45, 7) is 3.55. The molecule has 3 N–H and O–H groups in total. The Labute approximate surface area is 298 Å². The Kier molecular flexibility index (Phi) is 34.3. The zero-order chi connectivity index (χ0) is 36.1. The fourth-order valence-corrected chi connectivity index (χ4v) is 5.68. The first kappa shape index (κ1) is 47.0. The molecule has 9 nitrogen and oxygen atoms in total. The number of phosphoric acid groups is 1. The van der Waals surface area contributed by atoms with Gasteiger partial charge in [-0.05, 0) is 51.4 Å². The number of hydrogen-bond donors (Lipinski definition) is 2. The molecule has 0 spiro atoms. The van der Waals surface area contributed by atoms with Gasteiger partial charge in [0.05, 0.1) is 13.2 Å². The lowest BCUT2D eigenvalue weighted by Crippen LogP contribution is -2.29. The minimum Gasteiger partial charge on any atom is -0.462 e. The first-order valence-electron chi connectivity index (χ1n) is 19.1. The summed E-state index contributed by atoms with van der Waals surface area (Å²) in [6, 6.07) is 0. The molecule has 0 aliphatic heterocycles. The summed E-state index contributed by atoms with van der Waals surface area (Å²) < 4.78 is 32.6. The molecule has 49 heavy (non-hydrogen) atoms. The highest BCUT2D eigenvalue weighted by atomic mass is 31.2. The monoisotopic (exact) mass is 711 g/mol. The molecule has 0 fully saturated rings. The van der Waals surface area contributed by atoms with Gasteiger partial charge in [0, 0.05) is 19.4 Å². The van der Waals surface area contributed by atoms with E-state index in [2.05, 4.69) is 62.5 Å². The maximum atomic E-state index is 12.5. The van der Waals surface area contributed by atoms with Gasteiger partial charge in [-0.15, -0.1) is 0 Å². The van der Waals surface area contributed by atoms with Gasteiger partial charge in [0.1, 0.15) is 6.61 Å². The predicted octanol–water partition coefficient (Wildman–Crippen LogP) is 10.4. The minimum atomic E-state index is -4.38. The van der Waals surface area contributed by atoms with E-state index in [0.29, 0.717) is 12.8 Å². The fraction of sp³-hybridized carbons (Fsp3) is 0.744. The smallest absolute Gasteiger partial charge is 0.462 e. The number of nitrogens with two attached hydrogens (primary N) is 1. The van der Waals surface area contributed by atoms with Gasteiger partial charge in [-0.25, -0.2) is 4.57 Å². The Morgan fingerprint density at radius 2 is 1.12 bits per heavy atom. The van der Waals surface area contributed by atoms with Gasteiger partial charge >= 0.3 is 19.8 Å². The molecule has 0 heterocycles. The van der Waals surface area contributed by atoms with E-state index in [9.17, 15) is 19.0 Å². The Bertz CT molecular complexity index is 949. The van der Waals surface area contributed by atoms with Crippen molar-refractivity contribution in [3.8, 4) is 0 Å². The maximum absolute atomic E-state index is 12.5. The number of esters is 2. The Hall–Kier alpha value is -2.03. The molecular weight excluding hydrogens is 641 g/mol. The molecule has 0 bridgehead atoms. The lowest BCUT2D eigenvalue weighted by molar-refractivity contribution is -0.161. The molecule has 0 saturated heterocycles. The van der Waals surface area contributed by atoms with E-state index in [1.807, 2.05) is 0 Å². The highest BCUT2D eigenvalue weighted by molar-refractivity contribution is 7.47. The lowest BCUT2D eigenvalue weighted by Gasteiger charge is -2.19. The summed E-state index contributed by atoms with van der Waals surface area (Å²) in [4.78, 5) is 34.7. The van der Waals surface area contributed by atoms with Crippen LogP contribution in [0.15, 0.2) is 48.6 Å². The first-order valence-corrected chi connectivity index (χ1v) is 20.6. The Balaban J connectivity index is 4.30. The van der Waals surface area contributed by atoms with Crippen LogP contribution in [0, 0.1) is 0 Å². The third-order valence-electron chi connectivity index (χ3n) is 7.73. The highest BCUT2D eigenvalue weighted by Crippen LogP contribution is 2.43. The van der Waals surface area contributed by atoms with Crippen molar-refractivity contribution in [2.75, 3.05) is 26.4 Å². The van der Waals surface area contributed by atoms with E-state index in [0.717, 1.165) is 57.8 Å². The maximum Gasteiger partial charge on any atom is 0.472 e. The van der Waals surface area contributed by atoms with E-state index in [1.165, 1.54) is 57.8 Å². The van der Waals surface area contributed by atoms with E-state index >= 15 is 0 Å². The lowest BCUT2D eigenvalue weighted by atomic mass is 10.0. The zero-order valence-corrected chi connectivity index (χ0v) is 31.8. The van der Waals surface area contributed by atoms with Crippen molar-refractivity contribution in [3.63, 3.8) is 0 Å². The summed E-state index contributed by atoms with van der Waals surface area (Å²) in [7, 11) is -4.38. The summed E-state index contributed by atoms with van der Waals surface area (Å²) >= 11 is 0. The number of allylic oxidation sites excluding steroid dienone is 8. The summed E-state index contributed by atoms with van der Waals surface area (Å²) in [6.07, 6.45) is 38.6. The number of ether oxygens (including phenoxy) is 2. The number of carbonyl (C=O) groups is 2. The van der Waals surface area contributed by atoms with Crippen molar-refractivity contribution in [1.29, 1.82) is 0 Å². The molecule has 0 saturated carbocycles. The van der Waals surface area contributed by atoms with Gasteiger partial charge < -0.3 is 20.1 Å². The van der Waals surface area contributed by atoms with Crippen LogP contribution in [0.5, 0.6) is 0 Å². The highest BCUT2D eigenvalue weighted by Gasteiger charge is 2.25. The van der Waals surface area contributed by atoms with Gasteiger partial charge in [0.25, 0.3) is 0 Å². The van der Waals surface area contributed by atoms with Gasteiger partial charge in [0.2, 0.25) is 0 Å². The average molecular weight is 712 g/mol. The van der Waals surface area contributed by atoms with E-state index in [4.69, 9.17) is 24.3 Å². The molecule has 2 unspecified atom stereocenters. The van der Waals surface area contributed by atoms with E-state index in [-0.39, 0.29) is 32.6 Å². The van der Waals surface area contributed by atoms with Crippen LogP contribution in [0.1, 0.15) is 155 Å². The molecule has 0 amide bonds. The van der Waals surface area contributed by atoms with Gasteiger partial charge in [0.15, 0.2) is 6.10 Å². The molecule has 0 aliphatic rings. The second kappa shape index (κ2) is 35.8. The van der Waals surface area contributed by atoms with E-state index < -0.39 is 32.5 Å². The molecule has 0 aliphatic carbocycles. The van der Waals surface area contributed by atoms with Crippen molar-refractivity contribution in [3.05, 3.63) is 48.6 Å². The van der Waals surface area contributed by atoms with Crippen LogP contribution in [0.25, 0.3) is 0 Å². The largest absolute Gasteiger partial charge is 0.472 e. The van der Waals surface area contributed by atoms with Gasteiger partial charge in [-0.2, -0.15) is 0 Å². The average Bonchev–Trinajstić information content (AvgIpc) is 3.08. The zero-order valence-electron chi connectivity index (χ0n) is 30.9. The Morgan fingerprint density at radius 1 is 0.633 bits per heavy atom. The minimum absolute atomic E-state index is 0.0470. The van der Waals surface area contributed by atoms with Crippen LogP contribution in [0.4, 0.5) is 0 Å². The van der Waals surface area contributed by atoms with Crippen LogP contribution in [-0.2, 0) is 32.7 Å². The third-order valence-corrected chi connectivity index (χ3v) is 8.71. The molecule has 0 aromatic rings. The number of carbonyl (C=O) groups excluding carboxylic acids is 2. The van der Waals surface area contributed by atoms with Crippen LogP contribution in [0.2, 0.25) is 0 Å². The molecular formula is C39H70NO8P. The molecule has 2 atom stereocenters. The molecule has 284 valence electrons. The number of phosphoric ester groups is 1. The predicted molar refractivity (Wildman–Crippen MR) is 201 cm³/mol. The molecule has 0 radical (unpaired) electrons. The van der Waals surface area contributed by atoms with E-state index in [1.54, 1.807) is 0 Å². The van der Waals surface area contributed by atoms with Crippen molar-refractivity contribution in [2.24, 2.45) is 5.73 Å². The number of hydrogen-bond acceptors (Lipinski definition) is 8. The van der Waals surface area contributed by atoms with Crippen molar-refractivity contribution >= 4 is 19.8 Å². The first-order chi connectivity index (χ1) is 23.8. The Morgan fingerprint density at radius 3 is 1.67 bits per heavy atom. The fourth-order valence-electron chi connectivity index (χ4n) is 4.92. The summed E-state index contributed by atoms with van der Waals surface area (Å²) in [5, 5.41) is 0. The van der Waals surface area contributed by atoms with Crippen LogP contribution in [0.3, 0.4) is 0 Å². The van der Waals surface area contributed by atoms with Crippen LogP contribution in [-0.4, -0.2) is 49.3 Å². The number of unbranched alkanes of at least 4 members (excludes halogenated alkanes) is 14. The quantitative estimate of drug-likeness (QED) is 0.0285. The SMILES string of the molecule is CCC=CCC=CCC=CCC=CCCCCC(=O)OCC(COP(=O)(O)OCCN)OC(=O)CCCCCCCCCCCCCCC. The molecule has 10 heteroatoms. The van der Waals surface area contributed by atoms with Crippen molar-refractivity contribution < 1.29 is 37.6 Å². The van der Waals surface area contributed by atoms with Crippen LogP contribution >= 0.6 is 7.82 Å². The van der Waals surface area contributed by atoms with Crippen molar-refractivity contribution in [2.45, 2.75) is 161 Å². The topological polar surface area (TPSA) is 134 Å². The molecule has 0 aromatic heterocycles. The summed E-state index contributed by atoms with van der Waals surface area (Å²) in [5.41, 5.74) is 5.33. The third kappa shape index (κ3) is 35.6. The van der Waals surface area contributed by atoms with Gasteiger partial charge in [-0.3, -0.25) is 18.6 Å². The second-order valence-corrected chi connectivity index (χ2v) is 13.9.